The number of esters is 1. The number of hydrogen-bond acceptors (Lipinski definition) is 7. The molecule has 0 radical (unpaired) electrons. The monoisotopic (exact) mass is 478 g/mol. The molecule has 0 saturated heterocycles. The van der Waals surface area contributed by atoms with Crippen LogP contribution in [0.15, 0.2) is 40.8 Å². The molecule has 0 atom stereocenters. The first-order valence-electron chi connectivity index (χ1n) is 11.0. The fourth-order valence-corrected chi connectivity index (χ4v) is 4.96. The van der Waals surface area contributed by atoms with Crippen LogP contribution in [0.2, 0.25) is 0 Å². The second kappa shape index (κ2) is 9.69. The lowest BCUT2D eigenvalue weighted by Gasteiger charge is -2.09. The van der Waals surface area contributed by atoms with Gasteiger partial charge in [0.2, 0.25) is 11.8 Å². The molecule has 0 aliphatic rings. The van der Waals surface area contributed by atoms with Gasteiger partial charge >= 0.3 is 5.97 Å². The minimum Gasteiger partial charge on any atom is -0.485 e. The number of aromatic nitrogens is 1. The molecule has 2 heterocycles. The molecule has 34 heavy (non-hydrogen) atoms. The molecule has 0 unspecified atom stereocenters. The van der Waals surface area contributed by atoms with Crippen LogP contribution in [0.1, 0.15) is 46.8 Å². The average molecular weight is 479 g/mol. The Bertz CT molecular complexity index is 1390. The van der Waals surface area contributed by atoms with E-state index in [2.05, 4.69) is 10.3 Å². The standard InChI is InChI=1S/C26H26N2O5S/c1-6-31-26(30)21-19-11-10-15(3)22(23(19)34-25(21)27-17(5)29)32-13-20-16(4)33-24(28-20)18-9-7-8-14(2)12-18/h7-12H,6,13H2,1-5H3,(H,27,29). The lowest BCUT2D eigenvalue weighted by Crippen LogP contribution is -2.10. The van der Waals surface area contributed by atoms with E-state index in [1.165, 1.54) is 18.3 Å². The summed E-state index contributed by atoms with van der Waals surface area (Å²) in [5, 5.41) is 3.87. The zero-order chi connectivity index (χ0) is 24.4. The highest BCUT2D eigenvalue weighted by atomic mass is 32.1. The third-order valence-electron chi connectivity index (χ3n) is 5.29. The summed E-state index contributed by atoms with van der Waals surface area (Å²) < 4.78 is 18.1. The van der Waals surface area contributed by atoms with E-state index >= 15 is 0 Å². The van der Waals surface area contributed by atoms with Crippen LogP contribution in [0.4, 0.5) is 5.00 Å². The van der Waals surface area contributed by atoms with Crippen molar-refractivity contribution in [1.29, 1.82) is 0 Å². The molecule has 0 spiro atoms. The number of fused-ring (bicyclic) bond motifs is 1. The highest BCUT2D eigenvalue weighted by molar-refractivity contribution is 7.24. The summed E-state index contributed by atoms with van der Waals surface area (Å²) in [7, 11) is 0. The molecule has 7 nitrogen and oxygen atoms in total. The van der Waals surface area contributed by atoms with Crippen molar-refractivity contribution in [3.63, 3.8) is 0 Å². The van der Waals surface area contributed by atoms with E-state index in [0.29, 0.717) is 39.0 Å². The van der Waals surface area contributed by atoms with Crippen LogP contribution in [-0.2, 0) is 16.1 Å². The molecule has 1 amide bonds. The Morgan fingerprint density at radius 2 is 1.94 bits per heavy atom. The lowest BCUT2D eigenvalue weighted by molar-refractivity contribution is -0.114. The van der Waals surface area contributed by atoms with Crippen LogP contribution in [0.3, 0.4) is 0 Å². The molecule has 2 aromatic carbocycles. The van der Waals surface area contributed by atoms with Crippen molar-refractivity contribution in [2.45, 2.75) is 41.2 Å². The summed E-state index contributed by atoms with van der Waals surface area (Å²) >= 11 is 1.29. The number of oxazole rings is 1. The average Bonchev–Trinajstić information content (AvgIpc) is 3.33. The summed E-state index contributed by atoms with van der Waals surface area (Å²) in [6.45, 7) is 9.40. The molecule has 176 valence electrons. The normalized spacial score (nSPS) is 11.0. The van der Waals surface area contributed by atoms with Crippen LogP contribution in [0.25, 0.3) is 21.5 Å². The maximum atomic E-state index is 12.7. The lowest BCUT2D eigenvalue weighted by atomic mass is 10.1. The highest BCUT2D eigenvalue weighted by Gasteiger charge is 2.24. The predicted molar refractivity (Wildman–Crippen MR) is 133 cm³/mol. The first-order chi connectivity index (χ1) is 16.3. The zero-order valence-electron chi connectivity index (χ0n) is 19.8. The van der Waals surface area contributed by atoms with E-state index in [-0.39, 0.29) is 19.1 Å². The molecular formula is C26H26N2O5S. The molecule has 0 aliphatic heterocycles. The number of aryl methyl sites for hydroxylation is 3. The van der Waals surface area contributed by atoms with Crippen LogP contribution in [-0.4, -0.2) is 23.5 Å². The SMILES string of the molecule is CCOC(=O)c1c(NC(C)=O)sc2c(OCc3nc(-c4cccc(C)c4)oc3C)c(C)ccc12. The minimum absolute atomic E-state index is 0.198. The molecule has 4 rings (SSSR count). The highest BCUT2D eigenvalue weighted by Crippen LogP contribution is 2.43. The summed E-state index contributed by atoms with van der Waals surface area (Å²) in [5.41, 5.74) is 3.96. The van der Waals surface area contributed by atoms with Gasteiger partial charge in [0.25, 0.3) is 0 Å². The molecule has 4 aromatic rings. The van der Waals surface area contributed by atoms with Crippen molar-refractivity contribution in [3.8, 4) is 17.2 Å². The van der Waals surface area contributed by atoms with Crippen LogP contribution >= 0.6 is 11.3 Å². The Morgan fingerprint density at radius 1 is 1.15 bits per heavy atom. The van der Waals surface area contributed by atoms with Gasteiger partial charge in [-0.3, -0.25) is 4.79 Å². The molecule has 1 N–H and O–H groups in total. The summed E-state index contributed by atoms with van der Waals surface area (Å²) in [4.78, 5) is 29.1. The van der Waals surface area contributed by atoms with E-state index in [1.54, 1.807) is 6.92 Å². The maximum absolute atomic E-state index is 12.7. The molecule has 0 fully saturated rings. The Hall–Kier alpha value is -3.65. The predicted octanol–water partition coefficient (Wildman–Crippen LogP) is 6.20. The van der Waals surface area contributed by atoms with Crippen molar-refractivity contribution < 1.29 is 23.5 Å². The first-order valence-corrected chi connectivity index (χ1v) is 11.8. The van der Waals surface area contributed by atoms with E-state index < -0.39 is 5.97 Å². The van der Waals surface area contributed by atoms with E-state index in [9.17, 15) is 9.59 Å². The van der Waals surface area contributed by atoms with Gasteiger partial charge in [-0.15, -0.1) is 11.3 Å². The van der Waals surface area contributed by atoms with Gasteiger partial charge in [0.1, 0.15) is 34.4 Å². The number of thiophene rings is 1. The van der Waals surface area contributed by atoms with Crippen molar-refractivity contribution in [1.82, 2.24) is 4.98 Å². The summed E-state index contributed by atoms with van der Waals surface area (Å²) in [6.07, 6.45) is 0. The fraction of sp³-hybridized carbons (Fsp3) is 0.269. The Balaban J connectivity index is 1.69. The van der Waals surface area contributed by atoms with Crippen molar-refractivity contribution in [3.05, 3.63) is 64.5 Å². The largest absolute Gasteiger partial charge is 0.485 e. The van der Waals surface area contributed by atoms with Crippen molar-refractivity contribution >= 4 is 38.3 Å². The number of amides is 1. The first kappa shape index (κ1) is 23.5. The molecule has 8 heteroatoms. The molecule has 0 saturated carbocycles. The number of nitrogens with one attached hydrogen (secondary N) is 1. The van der Waals surface area contributed by atoms with Gasteiger partial charge < -0.3 is 19.2 Å². The van der Waals surface area contributed by atoms with Gasteiger partial charge in [0, 0.05) is 17.9 Å². The number of benzene rings is 2. The summed E-state index contributed by atoms with van der Waals surface area (Å²) in [6, 6.07) is 11.7. The number of anilines is 1. The van der Waals surface area contributed by atoms with Gasteiger partial charge in [0.15, 0.2) is 0 Å². The van der Waals surface area contributed by atoms with Gasteiger partial charge in [-0.25, -0.2) is 9.78 Å². The molecule has 2 aromatic heterocycles. The van der Waals surface area contributed by atoms with Gasteiger partial charge in [0.05, 0.1) is 11.3 Å². The zero-order valence-corrected chi connectivity index (χ0v) is 20.6. The Kier molecular flexibility index (Phi) is 6.70. The van der Waals surface area contributed by atoms with Crippen molar-refractivity contribution in [2.75, 3.05) is 11.9 Å². The Morgan fingerprint density at radius 3 is 2.65 bits per heavy atom. The van der Waals surface area contributed by atoms with Crippen LogP contribution in [0, 0.1) is 20.8 Å². The summed E-state index contributed by atoms with van der Waals surface area (Å²) in [5.74, 6) is 1.10. The molecular weight excluding hydrogens is 452 g/mol. The number of ether oxygens (including phenoxy) is 2. The fourth-order valence-electron chi connectivity index (χ4n) is 3.67. The molecule has 0 bridgehead atoms. The second-order valence-electron chi connectivity index (χ2n) is 7.98. The van der Waals surface area contributed by atoms with Gasteiger partial charge in [-0.2, -0.15) is 0 Å². The van der Waals surface area contributed by atoms with E-state index in [1.807, 2.05) is 57.2 Å². The van der Waals surface area contributed by atoms with E-state index in [0.717, 1.165) is 21.4 Å². The van der Waals surface area contributed by atoms with Crippen LogP contribution in [0.5, 0.6) is 5.75 Å². The third kappa shape index (κ3) is 4.68. The maximum Gasteiger partial charge on any atom is 0.341 e. The topological polar surface area (TPSA) is 90.7 Å². The molecule has 0 aliphatic carbocycles. The number of rotatable bonds is 7. The number of hydrogen-bond donors (Lipinski definition) is 1. The second-order valence-corrected chi connectivity index (χ2v) is 9.00. The quantitative estimate of drug-likeness (QED) is 0.318. The van der Waals surface area contributed by atoms with Gasteiger partial charge in [-0.05, 0) is 45.4 Å². The van der Waals surface area contributed by atoms with Crippen LogP contribution < -0.4 is 10.1 Å². The smallest absolute Gasteiger partial charge is 0.341 e. The number of carbonyl (C=O) groups excluding carboxylic acids is 2. The minimum atomic E-state index is -0.484. The van der Waals surface area contributed by atoms with Gasteiger partial charge in [-0.1, -0.05) is 29.8 Å². The Labute approximate surface area is 201 Å². The van der Waals surface area contributed by atoms with Crippen molar-refractivity contribution in [2.24, 2.45) is 0 Å². The number of nitrogens with zero attached hydrogens (tertiary/aromatic N) is 1. The van der Waals surface area contributed by atoms with E-state index in [4.69, 9.17) is 13.9 Å². The third-order valence-corrected chi connectivity index (χ3v) is 6.41. The number of carbonyl (C=O) groups is 2.